The van der Waals surface area contributed by atoms with Crippen molar-refractivity contribution in [1.29, 1.82) is 0 Å². The molecule has 5 heteroatoms. The maximum atomic E-state index is 12.0. The normalized spacial score (nSPS) is 15.3. The fourth-order valence-electron chi connectivity index (χ4n) is 2.90. The summed E-state index contributed by atoms with van der Waals surface area (Å²) in [5, 5.41) is 7.19. The maximum Gasteiger partial charge on any atom is 0.223 e. The van der Waals surface area contributed by atoms with E-state index in [1.165, 1.54) is 12.8 Å². The van der Waals surface area contributed by atoms with Crippen LogP contribution in [0.15, 0.2) is 30.7 Å². The number of aryl methyl sites for hydroxylation is 1. The predicted molar refractivity (Wildman–Crippen MR) is 80.2 cm³/mol. The van der Waals surface area contributed by atoms with Crippen LogP contribution in [0.2, 0.25) is 0 Å². The van der Waals surface area contributed by atoms with Gasteiger partial charge in [-0.3, -0.25) is 14.5 Å². The van der Waals surface area contributed by atoms with Crippen LogP contribution in [0.5, 0.6) is 0 Å². The number of hydrogen-bond acceptors (Lipinski definition) is 3. The van der Waals surface area contributed by atoms with E-state index in [1.807, 2.05) is 24.0 Å². The second kappa shape index (κ2) is 6.08. The smallest absolute Gasteiger partial charge is 0.223 e. The molecule has 3 rings (SSSR count). The molecule has 0 unspecified atom stereocenters. The van der Waals surface area contributed by atoms with E-state index in [2.05, 4.69) is 21.5 Å². The lowest BCUT2D eigenvalue weighted by Gasteiger charge is -2.11. The fourth-order valence-corrected chi connectivity index (χ4v) is 2.90. The Labute approximate surface area is 124 Å². The molecule has 2 aromatic heterocycles. The summed E-state index contributed by atoms with van der Waals surface area (Å²) in [5.74, 6) is 0.386. The molecule has 1 N–H and O–H groups in total. The minimum Gasteiger partial charge on any atom is -0.352 e. The highest BCUT2D eigenvalue weighted by atomic mass is 16.1. The Bertz CT molecular complexity index is 629. The summed E-state index contributed by atoms with van der Waals surface area (Å²) in [6.07, 6.45) is 9.79. The lowest BCUT2D eigenvalue weighted by Crippen LogP contribution is -2.28. The molecule has 0 saturated heterocycles. The Balaban J connectivity index is 1.66. The van der Waals surface area contributed by atoms with Crippen LogP contribution in [-0.2, 0) is 18.4 Å². The molecule has 0 spiro atoms. The number of hydrogen-bond donors (Lipinski definition) is 1. The molecule has 2 heterocycles. The molecule has 1 saturated carbocycles. The molecule has 1 aliphatic rings. The van der Waals surface area contributed by atoms with E-state index in [0.29, 0.717) is 6.54 Å². The summed E-state index contributed by atoms with van der Waals surface area (Å²) >= 11 is 0. The molecule has 21 heavy (non-hydrogen) atoms. The molecule has 0 radical (unpaired) electrons. The van der Waals surface area contributed by atoms with E-state index in [1.54, 1.807) is 12.4 Å². The highest BCUT2D eigenvalue weighted by molar-refractivity contribution is 5.78. The van der Waals surface area contributed by atoms with Gasteiger partial charge in [-0.2, -0.15) is 5.10 Å². The van der Waals surface area contributed by atoms with Crippen molar-refractivity contribution in [2.75, 3.05) is 0 Å². The first kappa shape index (κ1) is 13.8. The fraction of sp³-hybridized carbons (Fsp3) is 0.438. The van der Waals surface area contributed by atoms with Gasteiger partial charge in [-0.05, 0) is 30.5 Å². The molecule has 5 nitrogen and oxygen atoms in total. The monoisotopic (exact) mass is 284 g/mol. The van der Waals surface area contributed by atoms with E-state index in [4.69, 9.17) is 0 Å². The van der Waals surface area contributed by atoms with E-state index < -0.39 is 0 Å². The Morgan fingerprint density at radius 2 is 2.19 bits per heavy atom. The average molecular weight is 284 g/mol. The Morgan fingerprint density at radius 1 is 1.38 bits per heavy atom. The molecule has 0 aromatic carbocycles. The standard InChI is InChI=1S/C16H20N4O/c1-20-15(6-7-19-20)14-8-12(9-17-11-14)10-18-16(21)13-4-2-3-5-13/h6-9,11,13H,2-5,10H2,1H3,(H,18,21). The van der Waals surface area contributed by atoms with Crippen LogP contribution in [0.25, 0.3) is 11.3 Å². The number of pyridine rings is 1. The second-order valence-corrected chi connectivity index (χ2v) is 5.62. The molecule has 2 aromatic rings. The van der Waals surface area contributed by atoms with Crippen molar-refractivity contribution >= 4 is 5.91 Å². The minimum atomic E-state index is 0.179. The minimum absolute atomic E-state index is 0.179. The first-order chi connectivity index (χ1) is 10.2. The molecule has 0 aliphatic heterocycles. The first-order valence-corrected chi connectivity index (χ1v) is 7.44. The summed E-state index contributed by atoms with van der Waals surface area (Å²) in [5.41, 5.74) is 3.05. The number of amides is 1. The molecular weight excluding hydrogens is 264 g/mol. The van der Waals surface area contributed by atoms with Gasteiger partial charge in [0.25, 0.3) is 0 Å². The number of carbonyl (C=O) groups is 1. The summed E-state index contributed by atoms with van der Waals surface area (Å²) in [6, 6.07) is 4.01. The van der Waals surface area contributed by atoms with Crippen molar-refractivity contribution in [3.05, 3.63) is 36.3 Å². The van der Waals surface area contributed by atoms with Crippen LogP contribution < -0.4 is 5.32 Å². The Kier molecular flexibility index (Phi) is 3.99. The zero-order valence-electron chi connectivity index (χ0n) is 12.2. The van der Waals surface area contributed by atoms with Gasteiger partial charge in [-0.1, -0.05) is 12.8 Å². The van der Waals surface area contributed by atoms with Gasteiger partial charge < -0.3 is 5.32 Å². The third kappa shape index (κ3) is 3.12. The van der Waals surface area contributed by atoms with E-state index in [-0.39, 0.29) is 11.8 Å². The lowest BCUT2D eigenvalue weighted by atomic mass is 10.1. The molecule has 0 bridgehead atoms. The van der Waals surface area contributed by atoms with Gasteiger partial charge >= 0.3 is 0 Å². The number of carbonyl (C=O) groups excluding carboxylic acids is 1. The Hall–Kier alpha value is -2.17. The largest absolute Gasteiger partial charge is 0.352 e. The molecule has 0 atom stereocenters. The average Bonchev–Trinajstić information content (AvgIpc) is 3.16. The van der Waals surface area contributed by atoms with Gasteiger partial charge in [0.15, 0.2) is 0 Å². The van der Waals surface area contributed by atoms with Crippen molar-refractivity contribution in [2.24, 2.45) is 13.0 Å². The number of rotatable bonds is 4. The molecule has 1 fully saturated rings. The van der Waals surface area contributed by atoms with Crippen molar-refractivity contribution in [3.63, 3.8) is 0 Å². The maximum absolute atomic E-state index is 12.0. The molecule has 1 aliphatic carbocycles. The first-order valence-electron chi connectivity index (χ1n) is 7.44. The quantitative estimate of drug-likeness (QED) is 0.937. The van der Waals surface area contributed by atoms with Crippen LogP contribution in [0, 0.1) is 5.92 Å². The van der Waals surface area contributed by atoms with Crippen LogP contribution in [0.3, 0.4) is 0 Å². The van der Waals surface area contributed by atoms with Gasteiger partial charge in [-0.25, -0.2) is 0 Å². The van der Waals surface area contributed by atoms with E-state index >= 15 is 0 Å². The van der Waals surface area contributed by atoms with Crippen LogP contribution >= 0.6 is 0 Å². The summed E-state index contributed by atoms with van der Waals surface area (Å²) in [6.45, 7) is 0.536. The van der Waals surface area contributed by atoms with E-state index in [9.17, 15) is 4.79 Å². The van der Waals surface area contributed by atoms with Gasteiger partial charge in [0.1, 0.15) is 0 Å². The molecule has 110 valence electrons. The third-order valence-electron chi connectivity index (χ3n) is 4.10. The third-order valence-corrected chi connectivity index (χ3v) is 4.10. The number of aromatic nitrogens is 3. The van der Waals surface area contributed by atoms with Crippen molar-refractivity contribution in [3.8, 4) is 11.3 Å². The van der Waals surface area contributed by atoms with Crippen LogP contribution in [-0.4, -0.2) is 20.7 Å². The van der Waals surface area contributed by atoms with Gasteiger partial charge in [0.05, 0.1) is 5.69 Å². The van der Waals surface area contributed by atoms with Crippen molar-refractivity contribution < 1.29 is 4.79 Å². The summed E-state index contributed by atoms with van der Waals surface area (Å²) < 4.78 is 1.82. The van der Waals surface area contributed by atoms with Crippen molar-refractivity contribution in [2.45, 2.75) is 32.2 Å². The number of nitrogens with one attached hydrogen (secondary N) is 1. The van der Waals surface area contributed by atoms with Crippen LogP contribution in [0.4, 0.5) is 0 Å². The summed E-state index contributed by atoms with van der Waals surface area (Å²) in [7, 11) is 1.91. The van der Waals surface area contributed by atoms with Gasteiger partial charge in [0.2, 0.25) is 5.91 Å². The zero-order chi connectivity index (χ0) is 14.7. The highest BCUT2D eigenvalue weighted by Crippen LogP contribution is 2.24. The Morgan fingerprint density at radius 3 is 2.90 bits per heavy atom. The van der Waals surface area contributed by atoms with Crippen molar-refractivity contribution in [1.82, 2.24) is 20.1 Å². The topological polar surface area (TPSA) is 59.8 Å². The zero-order valence-corrected chi connectivity index (χ0v) is 12.2. The highest BCUT2D eigenvalue weighted by Gasteiger charge is 2.22. The number of nitrogens with zero attached hydrogens (tertiary/aromatic N) is 3. The molecular formula is C16H20N4O. The molecule has 1 amide bonds. The predicted octanol–water partition coefficient (Wildman–Crippen LogP) is 2.29. The SMILES string of the molecule is Cn1nccc1-c1cncc(CNC(=O)C2CCCC2)c1. The van der Waals surface area contributed by atoms with Gasteiger partial charge in [-0.15, -0.1) is 0 Å². The second-order valence-electron chi connectivity index (χ2n) is 5.62. The summed E-state index contributed by atoms with van der Waals surface area (Å²) in [4.78, 5) is 16.3. The lowest BCUT2D eigenvalue weighted by molar-refractivity contribution is -0.124. The van der Waals surface area contributed by atoms with Gasteiger partial charge in [0, 0.05) is 43.7 Å². The van der Waals surface area contributed by atoms with E-state index in [0.717, 1.165) is 29.7 Å². The van der Waals surface area contributed by atoms with Crippen LogP contribution in [0.1, 0.15) is 31.2 Å².